The van der Waals surface area contributed by atoms with Gasteiger partial charge in [0.1, 0.15) is 6.61 Å². The van der Waals surface area contributed by atoms with Gasteiger partial charge in [-0.25, -0.2) is 4.79 Å². The summed E-state index contributed by atoms with van der Waals surface area (Å²) < 4.78 is 17.0. The number of aliphatic hydroxyl groups is 1. The van der Waals surface area contributed by atoms with Gasteiger partial charge in [0.25, 0.3) is 0 Å². The number of nitrogens with one attached hydrogen (secondary N) is 1. The Balaban J connectivity index is 2.00. The van der Waals surface area contributed by atoms with Crippen molar-refractivity contribution in [2.45, 2.75) is 18.6 Å². The normalized spacial score (nSPS) is 30.1. The molecule has 2 atom stereocenters. The Morgan fingerprint density at radius 2 is 2.41 bits per heavy atom. The summed E-state index contributed by atoms with van der Waals surface area (Å²) in [5.74, 6) is 0. The zero-order chi connectivity index (χ0) is 15.9. The molecule has 0 aliphatic carbocycles. The molecule has 0 spiro atoms. The van der Waals surface area contributed by atoms with E-state index in [1.807, 2.05) is 0 Å². The first-order chi connectivity index (χ1) is 10.5. The van der Waals surface area contributed by atoms with Crippen LogP contribution in [0.15, 0.2) is 34.0 Å². The second-order valence-electron chi connectivity index (χ2n) is 5.42. The van der Waals surface area contributed by atoms with Gasteiger partial charge in [-0.15, -0.1) is 0 Å². The zero-order valence-electron chi connectivity index (χ0n) is 11.8. The monoisotopic (exact) mass is 327 g/mol. The standard InChI is InChI=1S/C13H15BClNO6/c1-13(6-17)8-5-20-3-2-7-10(8)14(22-13)21-9(11(7)15)4-16-12(18)19/h2-3,9,16-17H,4-6H2,1H3,(H,18,19). The zero-order valence-corrected chi connectivity index (χ0v) is 12.6. The lowest BCUT2D eigenvalue weighted by molar-refractivity contribution is 0.0288. The predicted molar refractivity (Wildman–Crippen MR) is 78.2 cm³/mol. The van der Waals surface area contributed by atoms with E-state index in [4.69, 9.17) is 30.8 Å². The molecular weight excluding hydrogens is 312 g/mol. The first kappa shape index (κ1) is 15.4. The summed E-state index contributed by atoms with van der Waals surface area (Å²) >= 11 is 6.37. The van der Waals surface area contributed by atoms with Gasteiger partial charge in [0.2, 0.25) is 0 Å². The fraction of sp³-hybridized carbons (Fsp3) is 0.462. The summed E-state index contributed by atoms with van der Waals surface area (Å²) in [6.07, 6.45) is 1.41. The summed E-state index contributed by atoms with van der Waals surface area (Å²) in [4.78, 5) is 10.7. The molecule has 3 N–H and O–H groups in total. The van der Waals surface area contributed by atoms with Crippen molar-refractivity contribution >= 4 is 24.8 Å². The molecule has 0 aromatic rings. The van der Waals surface area contributed by atoms with Gasteiger partial charge in [-0.3, -0.25) is 0 Å². The number of halogens is 1. The van der Waals surface area contributed by atoms with Crippen LogP contribution in [0.1, 0.15) is 6.92 Å². The lowest BCUT2D eigenvalue weighted by Crippen LogP contribution is -2.43. The van der Waals surface area contributed by atoms with Gasteiger partial charge in [-0.05, 0) is 29.6 Å². The SMILES string of the molecule is CC1(CO)OB2OC(CNC(=O)O)C(Cl)=C3C=COCC1=C23. The maximum absolute atomic E-state index is 10.7. The van der Waals surface area contributed by atoms with Crippen molar-refractivity contribution in [3.63, 3.8) is 0 Å². The molecule has 0 bridgehead atoms. The van der Waals surface area contributed by atoms with Crippen LogP contribution in [-0.4, -0.2) is 54.9 Å². The lowest BCUT2D eigenvalue weighted by Gasteiger charge is -2.29. The van der Waals surface area contributed by atoms with Crippen molar-refractivity contribution in [2.75, 3.05) is 19.8 Å². The third kappa shape index (κ3) is 2.42. The molecule has 0 saturated heterocycles. The molecule has 0 aromatic carbocycles. The van der Waals surface area contributed by atoms with E-state index in [9.17, 15) is 9.90 Å². The Morgan fingerprint density at radius 1 is 1.64 bits per heavy atom. The smallest absolute Gasteiger partial charge is 0.495 e. The van der Waals surface area contributed by atoms with Gasteiger partial charge in [-0.2, -0.15) is 0 Å². The maximum atomic E-state index is 10.7. The summed E-state index contributed by atoms with van der Waals surface area (Å²) in [6, 6.07) is 0. The highest BCUT2D eigenvalue weighted by atomic mass is 35.5. The topological polar surface area (TPSA) is 97.2 Å². The molecule has 0 fully saturated rings. The van der Waals surface area contributed by atoms with Crippen LogP contribution >= 0.6 is 11.6 Å². The molecule has 3 aliphatic heterocycles. The van der Waals surface area contributed by atoms with Crippen molar-refractivity contribution < 1.29 is 29.1 Å². The number of carbonyl (C=O) groups is 1. The van der Waals surface area contributed by atoms with Crippen LogP contribution in [-0.2, 0) is 14.0 Å². The number of amides is 1. The lowest BCUT2D eigenvalue weighted by atomic mass is 9.70. The predicted octanol–water partition coefficient (Wildman–Crippen LogP) is 0.795. The minimum absolute atomic E-state index is 0.00464. The van der Waals surface area contributed by atoms with Gasteiger partial charge in [0, 0.05) is 0 Å². The number of hydrogen-bond acceptors (Lipinski definition) is 5. The highest BCUT2D eigenvalue weighted by Gasteiger charge is 2.52. The van der Waals surface area contributed by atoms with E-state index < -0.39 is 24.9 Å². The van der Waals surface area contributed by atoms with E-state index in [0.29, 0.717) is 10.6 Å². The summed E-state index contributed by atoms with van der Waals surface area (Å²) in [6.45, 7) is 1.80. The van der Waals surface area contributed by atoms with E-state index in [0.717, 1.165) is 11.0 Å². The number of hydrogen-bond donors (Lipinski definition) is 3. The highest BCUT2D eigenvalue weighted by Crippen LogP contribution is 2.44. The largest absolute Gasteiger partial charge is 0.497 e. The molecule has 0 aromatic heterocycles. The van der Waals surface area contributed by atoms with Crippen LogP contribution in [0.3, 0.4) is 0 Å². The average molecular weight is 328 g/mol. The average Bonchev–Trinajstić information content (AvgIpc) is 2.65. The Labute approximate surface area is 132 Å². The van der Waals surface area contributed by atoms with E-state index in [2.05, 4.69) is 5.32 Å². The summed E-state index contributed by atoms with van der Waals surface area (Å²) in [5.41, 5.74) is 1.31. The second kappa shape index (κ2) is 5.62. The van der Waals surface area contributed by atoms with E-state index in [1.165, 1.54) is 6.26 Å². The van der Waals surface area contributed by atoms with Crippen LogP contribution in [0.4, 0.5) is 4.79 Å². The van der Waals surface area contributed by atoms with Crippen LogP contribution in [0, 0.1) is 0 Å². The van der Waals surface area contributed by atoms with E-state index in [1.54, 1.807) is 13.0 Å². The van der Waals surface area contributed by atoms with Crippen LogP contribution in [0.25, 0.3) is 0 Å². The fourth-order valence-corrected chi connectivity index (χ4v) is 3.08. The van der Waals surface area contributed by atoms with Crippen molar-refractivity contribution in [3.8, 4) is 0 Å². The minimum Gasteiger partial charge on any atom is -0.497 e. The first-order valence-corrected chi connectivity index (χ1v) is 7.16. The van der Waals surface area contributed by atoms with Gasteiger partial charge in [0.05, 0.1) is 36.2 Å². The van der Waals surface area contributed by atoms with Gasteiger partial charge < -0.3 is 29.6 Å². The van der Waals surface area contributed by atoms with Gasteiger partial charge in [0.15, 0.2) is 0 Å². The molecule has 9 heteroatoms. The molecule has 0 radical (unpaired) electrons. The van der Waals surface area contributed by atoms with Crippen LogP contribution < -0.4 is 5.32 Å². The molecule has 1 amide bonds. The fourth-order valence-electron chi connectivity index (χ4n) is 2.79. The Bertz CT molecular complexity index is 603. The van der Waals surface area contributed by atoms with Crippen molar-refractivity contribution in [1.82, 2.24) is 5.32 Å². The molecule has 3 heterocycles. The molecule has 7 nitrogen and oxygen atoms in total. The second-order valence-corrected chi connectivity index (χ2v) is 5.82. The molecule has 3 rings (SSSR count). The Hall–Kier alpha value is -1.48. The molecular formula is C13H15BClNO6. The van der Waals surface area contributed by atoms with E-state index in [-0.39, 0.29) is 19.8 Å². The molecule has 2 unspecified atom stereocenters. The summed E-state index contributed by atoms with van der Waals surface area (Å²) in [7, 11) is -0.711. The summed E-state index contributed by atoms with van der Waals surface area (Å²) in [5, 5.41) is 21.0. The molecule has 0 saturated carbocycles. The first-order valence-electron chi connectivity index (χ1n) is 6.79. The third-order valence-corrected chi connectivity index (χ3v) is 4.43. The van der Waals surface area contributed by atoms with Crippen LogP contribution in [0.2, 0.25) is 0 Å². The number of rotatable bonds is 3. The Kier molecular flexibility index (Phi) is 3.94. The van der Waals surface area contributed by atoms with E-state index >= 15 is 0 Å². The maximum Gasteiger partial charge on any atom is 0.495 e. The van der Waals surface area contributed by atoms with Crippen LogP contribution in [0.5, 0.6) is 0 Å². The Morgan fingerprint density at radius 3 is 3.09 bits per heavy atom. The third-order valence-electron chi connectivity index (χ3n) is 3.98. The minimum atomic E-state index is -1.16. The molecule has 118 valence electrons. The number of aliphatic hydroxyl groups excluding tert-OH is 1. The van der Waals surface area contributed by atoms with Gasteiger partial charge >= 0.3 is 13.2 Å². The number of carboxylic acid groups (broad SMARTS) is 1. The molecule has 3 aliphatic rings. The number of ether oxygens (including phenoxy) is 1. The highest BCUT2D eigenvalue weighted by molar-refractivity contribution is 6.58. The quantitative estimate of drug-likeness (QED) is 0.663. The van der Waals surface area contributed by atoms with Crippen molar-refractivity contribution in [2.24, 2.45) is 0 Å². The van der Waals surface area contributed by atoms with Crippen molar-refractivity contribution in [3.05, 3.63) is 34.0 Å². The molecule has 22 heavy (non-hydrogen) atoms. The number of allylic oxidation sites excluding steroid dienone is 3. The van der Waals surface area contributed by atoms with Gasteiger partial charge in [-0.1, -0.05) is 11.6 Å². The van der Waals surface area contributed by atoms with Crippen molar-refractivity contribution in [1.29, 1.82) is 0 Å².